The Morgan fingerprint density at radius 2 is 1.67 bits per heavy atom. The number of alkyl halides is 2. The number of carbonyl (C=O) groups excluding carboxylic acids is 1. The number of benzene rings is 2. The van der Waals surface area contributed by atoms with Crippen LogP contribution in [0.4, 0.5) is 11.4 Å². The average molecular weight is 430 g/mol. The zero-order valence-corrected chi connectivity index (χ0v) is 15.1. The standard InChI is InChI=1S/C16H12Br2ClNO/c1-9(21)20-13-5-3-2-4-11(13)15(17)16(18)12-7-6-10(19)8-14(12)20/h2-8,15-16H,1H3. The SMILES string of the molecule is CC(=O)N1c2ccccc2C(Br)C(Br)c2ccc(Cl)cc21. The van der Waals surface area contributed by atoms with Crippen LogP contribution in [0, 0.1) is 0 Å². The molecule has 1 heterocycles. The Bertz CT molecular complexity index is 719. The van der Waals surface area contributed by atoms with Gasteiger partial charge in [-0.1, -0.05) is 67.7 Å². The third-order valence-corrected chi connectivity index (χ3v) is 6.57. The summed E-state index contributed by atoms with van der Waals surface area (Å²) in [6.07, 6.45) is 0. The van der Waals surface area contributed by atoms with Crippen LogP contribution in [0.1, 0.15) is 27.7 Å². The molecule has 0 radical (unpaired) electrons. The van der Waals surface area contributed by atoms with Crippen LogP contribution >= 0.6 is 43.5 Å². The van der Waals surface area contributed by atoms with E-state index in [0.717, 1.165) is 22.5 Å². The van der Waals surface area contributed by atoms with E-state index in [9.17, 15) is 4.79 Å². The number of halogens is 3. The second-order valence-corrected chi connectivity index (χ2v) is 7.33. The van der Waals surface area contributed by atoms with Gasteiger partial charge >= 0.3 is 0 Å². The topological polar surface area (TPSA) is 20.3 Å². The summed E-state index contributed by atoms with van der Waals surface area (Å²) in [6, 6.07) is 13.6. The second kappa shape index (κ2) is 5.75. The van der Waals surface area contributed by atoms with Crippen molar-refractivity contribution < 1.29 is 4.79 Å². The van der Waals surface area contributed by atoms with Gasteiger partial charge in [0.15, 0.2) is 0 Å². The molecule has 108 valence electrons. The number of carbonyl (C=O) groups is 1. The van der Waals surface area contributed by atoms with Gasteiger partial charge in [-0.15, -0.1) is 0 Å². The van der Waals surface area contributed by atoms with Crippen LogP contribution in [-0.2, 0) is 4.79 Å². The molecule has 2 aromatic carbocycles. The van der Waals surface area contributed by atoms with Crippen molar-refractivity contribution in [3.05, 3.63) is 58.6 Å². The van der Waals surface area contributed by atoms with Crippen molar-refractivity contribution in [1.29, 1.82) is 0 Å². The van der Waals surface area contributed by atoms with E-state index in [0.29, 0.717) is 5.02 Å². The van der Waals surface area contributed by atoms with E-state index in [1.807, 2.05) is 42.5 Å². The lowest BCUT2D eigenvalue weighted by Crippen LogP contribution is -2.23. The first-order chi connectivity index (χ1) is 10.0. The molecule has 0 bridgehead atoms. The van der Waals surface area contributed by atoms with Gasteiger partial charge in [0.1, 0.15) is 0 Å². The van der Waals surface area contributed by atoms with Gasteiger partial charge in [0.05, 0.1) is 21.0 Å². The first kappa shape index (κ1) is 15.1. The molecule has 2 aromatic rings. The average Bonchev–Trinajstić information content (AvgIpc) is 2.54. The molecule has 0 spiro atoms. The lowest BCUT2D eigenvalue weighted by Gasteiger charge is -2.23. The molecule has 1 aliphatic rings. The highest BCUT2D eigenvalue weighted by molar-refractivity contribution is 9.12. The largest absolute Gasteiger partial charge is 0.281 e. The quantitative estimate of drug-likeness (QED) is 0.477. The Kier molecular flexibility index (Phi) is 4.12. The summed E-state index contributed by atoms with van der Waals surface area (Å²) in [4.78, 5) is 14.1. The molecule has 0 N–H and O–H groups in total. The van der Waals surface area contributed by atoms with Crippen molar-refractivity contribution in [1.82, 2.24) is 0 Å². The third-order valence-electron chi connectivity index (χ3n) is 3.58. The first-order valence-corrected chi connectivity index (χ1v) is 8.69. The predicted octanol–water partition coefficient (Wildman–Crippen LogP) is 5.91. The van der Waals surface area contributed by atoms with E-state index >= 15 is 0 Å². The maximum Gasteiger partial charge on any atom is 0.228 e. The highest BCUT2D eigenvalue weighted by Gasteiger charge is 2.33. The Hall–Kier alpha value is -0.840. The van der Waals surface area contributed by atoms with Gasteiger partial charge in [-0.05, 0) is 29.3 Å². The van der Waals surface area contributed by atoms with E-state index < -0.39 is 0 Å². The smallest absolute Gasteiger partial charge is 0.228 e. The minimum atomic E-state index is -0.0349. The van der Waals surface area contributed by atoms with Gasteiger partial charge in [0.25, 0.3) is 0 Å². The molecule has 2 nitrogen and oxygen atoms in total. The number of para-hydroxylation sites is 1. The second-order valence-electron chi connectivity index (χ2n) is 4.92. The highest BCUT2D eigenvalue weighted by atomic mass is 79.9. The van der Waals surface area contributed by atoms with Crippen LogP contribution in [0.2, 0.25) is 5.02 Å². The molecule has 0 fully saturated rings. The molecule has 1 amide bonds. The molecule has 1 aliphatic heterocycles. The number of anilines is 2. The van der Waals surface area contributed by atoms with Crippen molar-refractivity contribution in [2.75, 3.05) is 4.90 Å². The van der Waals surface area contributed by atoms with Crippen molar-refractivity contribution >= 4 is 60.7 Å². The summed E-state index contributed by atoms with van der Waals surface area (Å²) in [7, 11) is 0. The molecule has 2 atom stereocenters. The zero-order valence-electron chi connectivity index (χ0n) is 11.2. The van der Waals surface area contributed by atoms with Gasteiger partial charge in [-0.25, -0.2) is 0 Å². The first-order valence-electron chi connectivity index (χ1n) is 6.48. The van der Waals surface area contributed by atoms with Crippen molar-refractivity contribution in [3.8, 4) is 0 Å². The Morgan fingerprint density at radius 1 is 1.05 bits per heavy atom. The van der Waals surface area contributed by atoms with Crippen LogP contribution in [0.25, 0.3) is 0 Å². The van der Waals surface area contributed by atoms with Crippen molar-refractivity contribution in [2.45, 2.75) is 16.6 Å². The summed E-state index contributed by atoms with van der Waals surface area (Å²) in [5.74, 6) is -0.0349. The summed E-state index contributed by atoms with van der Waals surface area (Å²) >= 11 is 13.6. The molecule has 0 aliphatic carbocycles. The van der Waals surface area contributed by atoms with Crippen LogP contribution in [-0.4, -0.2) is 5.91 Å². The number of hydrogen-bond acceptors (Lipinski definition) is 1. The molecule has 0 saturated carbocycles. The molecule has 3 rings (SSSR count). The van der Waals surface area contributed by atoms with E-state index in [1.54, 1.807) is 11.8 Å². The van der Waals surface area contributed by atoms with E-state index in [2.05, 4.69) is 31.9 Å². The minimum Gasteiger partial charge on any atom is -0.281 e. The Balaban J connectivity index is 2.35. The molecule has 5 heteroatoms. The number of amides is 1. The van der Waals surface area contributed by atoms with Crippen molar-refractivity contribution in [3.63, 3.8) is 0 Å². The highest BCUT2D eigenvalue weighted by Crippen LogP contribution is 2.52. The lowest BCUT2D eigenvalue weighted by atomic mass is 10.0. The fraction of sp³-hybridized carbons (Fsp3) is 0.188. The number of hydrogen-bond donors (Lipinski definition) is 0. The van der Waals surface area contributed by atoms with Crippen LogP contribution in [0.3, 0.4) is 0 Å². The maximum atomic E-state index is 12.3. The fourth-order valence-corrected chi connectivity index (χ4v) is 4.16. The van der Waals surface area contributed by atoms with Gasteiger partial charge in [0, 0.05) is 11.9 Å². The monoisotopic (exact) mass is 427 g/mol. The van der Waals surface area contributed by atoms with Gasteiger partial charge < -0.3 is 0 Å². The molecule has 0 saturated heterocycles. The summed E-state index contributed by atoms with van der Waals surface area (Å²) in [5.41, 5.74) is 3.82. The third kappa shape index (κ3) is 2.54. The molecular weight excluding hydrogens is 417 g/mol. The van der Waals surface area contributed by atoms with Crippen molar-refractivity contribution in [2.24, 2.45) is 0 Å². The number of fused-ring (bicyclic) bond motifs is 2. The van der Waals surface area contributed by atoms with Gasteiger partial charge in [-0.3, -0.25) is 9.69 Å². The minimum absolute atomic E-state index is 0.0349. The molecule has 2 unspecified atom stereocenters. The predicted molar refractivity (Wildman–Crippen MR) is 94.1 cm³/mol. The number of rotatable bonds is 0. The molecular formula is C16H12Br2ClNO. The van der Waals surface area contributed by atoms with E-state index in [1.165, 1.54) is 0 Å². The Morgan fingerprint density at radius 3 is 2.33 bits per heavy atom. The van der Waals surface area contributed by atoms with Crippen LogP contribution < -0.4 is 4.90 Å². The lowest BCUT2D eigenvalue weighted by molar-refractivity contribution is -0.115. The van der Waals surface area contributed by atoms with E-state index in [-0.39, 0.29) is 15.6 Å². The zero-order chi connectivity index (χ0) is 15.1. The van der Waals surface area contributed by atoms with Gasteiger partial charge in [0.2, 0.25) is 5.91 Å². The summed E-state index contributed by atoms with van der Waals surface area (Å²) in [5, 5.41) is 0.616. The van der Waals surface area contributed by atoms with Crippen LogP contribution in [0.5, 0.6) is 0 Å². The Labute approximate surface area is 145 Å². The normalized spacial score (nSPS) is 20.5. The number of nitrogens with zero attached hydrogens (tertiary/aromatic N) is 1. The fourth-order valence-electron chi connectivity index (χ4n) is 2.65. The molecule has 0 aromatic heterocycles. The molecule has 21 heavy (non-hydrogen) atoms. The maximum absolute atomic E-state index is 12.3. The summed E-state index contributed by atoms with van der Waals surface area (Å²) < 4.78 is 0. The van der Waals surface area contributed by atoms with Gasteiger partial charge in [-0.2, -0.15) is 0 Å². The van der Waals surface area contributed by atoms with E-state index in [4.69, 9.17) is 11.6 Å². The van der Waals surface area contributed by atoms with Crippen LogP contribution in [0.15, 0.2) is 42.5 Å². The summed E-state index contributed by atoms with van der Waals surface area (Å²) in [6.45, 7) is 1.57.